The molecule has 0 aliphatic rings. The molecule has 24 heavy (non-hydrogen) atoms. The number of benzene rings is 2. The van der Waals surface area contributed by atoms with Gasteiger partial charge in [0, 0.05) is 24.2 Å². The number of halogens is 1. The van der Waals surface area contributed by atoms with E-state index < -0.39 is 0 Å². The number of aliphatic hydroxyl groups is 1. The Morgan fingerprint density at radius 1 is 1.17 bits per heavy atom. The van der Waals surface area contributed by atoms with Gasteiger partial charge in [0.15, 0.2) is 0 Å². The number of aliphatic hydroxyl groups excluding tert-OH is 1. The molecule has 2 N–H and O–H groups in total. The fraction of sp³-hybridized carbons (Fsp3) is 0.316. The second-order valence-corrected chi connectivity index (χ2v) is 6.19. The summed E-state index contributed by atoms with van der Waals surface area (Å²) in [4.78, 5) is 14.2. The largest absolute Gasteiger partial charge is 0.396 e. The van der Waals surface area contributed by atoms with Crippen LogP contribution in [0.4, 0.5) is 0 Å². The molecule has 1 atom stereocenters. The highest BCUT2D eigenvalue weighted by atomic mass is 35.5. The number of rotatable bonds is 8. The minimum atomic E-state index is -0.0497. The molecule has 0 heterocycles. The fourth-order valence-electron chi connectivity index (χ4n) is 2.63. The van der Waals surface area contributed by atoms with Gasteiger partial charge in [-0.3, -0.25) is 9.69 Å². The lowest BCUT2D eigenvalue weighted by atomic mass is 10.0. The van der Waals surface area contributed by atoms with Crippen LogP contribution in [0.3, 0.4) is 0 Å². The van der Waals surface area contributed by atoms with Gasteiger partial charge >= 0.3 is 0 Å². The molecule has 0 saturated carbocycles. The maximum Gasteiger partial charge on any atom is 0.234 e. The molecule has 5 heteroatoms. The van der Waals surface area contributed by atoms with Crippen molar-refractivity contribution in [3.63, 3.8) is 0 Å². The third-order valence-corrected chi connectivity index (χ3v) is 4.17. The molecule has 0 radical (unpaired) electrons. The van der Waals surface area contributed by atoms with Gasteiger partial charge in [-0.2, -0.15) is 0 Å². The first kappa shape index (κ1) is 18.5. The molecule has 2 aromatic rings. The molecule has 2 rings (SSSR count). The van der Waals surface area contributed by atoms with E-state index in [1.54, 1.807) is 0 Å². The number of nitrogens with zero attached hydrogens (tertiary/aromatic N) is 1. The summed E-state index contributed by atoms with van der Waals surface area (Å²) in [6.07, 6.45) is 0.588. The van der Waals surface area contributed by atoms with Crippen molar-refractivity contribution in [2.24, 2.45) is 0 Å². The quantitative estimate of drug-likeness (QED) is 0.772. The van der Waals surface area contributed by atoms with Crippen molar-refractivity contribution in [2.75, 3.05) is 20.2 Å². The molecule has 0 aromatic heterocycles. The topological polar surface area (TPSA) is 52.6 Å². The summed E-state index contributed by atoms with van der Waals surface area (Å²) < 4.78 is 0. The van der Waals surface area contributed by atoms with E-state index in [4.69, 9.17) is 11.6 Å². The van der Waals surface area contributed by atoms with Gasteiger partial charge in [0.25, 0.3) is 0 Å². The highest BCUT2D eigenvalue weighted by molar-refractivity contribution is 6.30. The molecular formula is C19H23ClN2O2. The highest BCUT2D eigenvalue weighted by Crippen LogP contribution is 2.22. The maximum absolute atomic E-state index is 12.2. The van der Waals surface area contributed by atoms with E-state index in [0.29, 0.717) is 18.0 Å². The predicted molar refractivity (Wildman–Crippen MR) is 96.8 cm³/mol. The Bertz CT molecular complexity index is 632. The van der Waals surface area contributed by atoms with Crippen LogP contribution in [0.25, 0.3) is 0 Å². The van der Waals surface area contributed by atoms with Crippen molar-refractivity contribution < 1.29 is 9.90 Å². The van der Waals surface area contributed by atoms with E-state index in [1.807, 2.05) is 66.5 Å². The van der Waals surface area contributed by atoms with Gasteiger partial charge in [0.1, 0.15) is 0 Å². The summed E-state index contributed by atoms with van der Waals surface area (Å²) in [7, 11) is 1.90. The van der Waals surface area contributed by atoms with E-state index >= 15 is 0 Å². The van der Waals surface area contributed by atoms with Crippen LogP contribution in [-0.4, -0.2) is 36.1 Å². The first-order valence-electron chi connectivity index (χ1n) is 7.97. The maximum atomic E-state index is 12.2. The van der Waals surface area contributed by atoms with Crippen LogP contribution in [0, 0.1) is 0 Å². The Balaban J connectivity index is 1.90. The SMILES string of the molecule is CN(CC(=O)NCc1ccc(Cl)cc1)C(CCO)c1ccccc1. The van der Waals surface area contributed by atoms with Crippen molar-refractivity contribution in [3.8, 4) is 0 Å². The Morgan fingerprint density at radius 2 is 1.83 bits per heavy atom. The fourth-order valence-corrected chi connectivity index (χ4v) is 2.76. The van der Waals surface area contributed by atoms with Crippen LogP contribution in [0.2, 0.25) is 5.02 Å². The second-order valence-electron chi connectivity index (χ2n) is 5.76. The normalized spacial score (nSPS) is 12.2. The van der Waals surface area contributed by atoms with Crippen LogP contribution >= 0.6 is 11.6 Å². The van der Waals surface area contributed by atoms with E-state index in [9.17, 15) is 9.90 Å². The van der Waals surface area contributed by atoms with E-state index in [-0.39, 0.29) is 25.1 Å². The number of amides is 1. The molecule has 1 unspecified atom stereocenters. The van der Waals surface area contributed by atoms with Gasteiger partial charge < -0.3 is 10.4 Å². The number of carbonyl (C=O) groups is 1. The summed E-state index contributed by atoms with van der Waals surface area (Å²) in [6.45, 7) is 0.823. The number of nitrogens with one attached hydrogen (secondary N) is 1. The van der Waals surface area contributed by atoms with Gasteiger partial charge in [0.05, 0.1) is 6.54 Å². The van der Waals surface area contributed by atoms with Gasteiger partial charge in [-0.25, -0.2) is 0 Å². The van der Waals surface area contributed by atoms with Gasteiger partial charge in [-0.1, -0.05) is 54.1 Å². The second kappa shape index (κ2) is 9.42. The van der Waals surface area contributed by atoms with Gasteiger partial charge in [-0.15, -0.1) is 0 Å². The third-order valence-electron chi connectivity index (χ3n) is 3.91. The average molecular weight is 347 g/mol. The summed E-state index contributed by atoms with van der Waals surface area (Å²) in [5, 5.41) is 12.9. The Morgan fingerprint density at radius 3 is 2.46 bits per heavy atom. The monoisotopic (exact) mass is 346 g/mol. The lowest BCUT2D eigenvalue weighted by Crippen LogP contribution is -2.37. The molecule has 0 bridgehead atoms. The summed E-state index contributed by atoms with van der Waals surface area (Å²) >= 11 is 5.85. The van der Waals surface area contributed by atoms with Crippen molar-refractivity contribution in [3.05, 3.63) is 70.7 Å². The van der Waals surface area contributed by atoms with E-state index in [0.717, 1.165) is 11.1 Å². The lowest BCUT2D eigenvalue weighted by Gasteiger charge is -2.27. The van der Waals surface area contributed by atoms with Crippen LogP contribution < -0.4 is 5.32 Å². The number of likely N-dealkylation sites (N-methyl/N-ethyl adjacent to an activating group) is 1. The Labute approximate surface area is 148 Å². The van der Waals surface area contributed by atoms with Crippen molar-refractivity contribution in [1.29, 1.82) is 0 Å². The third kappa shape index (κ3) is 5.64. The predicted octanol–water partition coefficient (Wildman–Crippen LogP) is 3.01. The summed E-state index contributed by atoms with van der Waals surface area (Å²) in [5.74, 6) is -0.0497. The molecule has 0 saturated heterocycles. The van der Waals surface area contributed by atoms with Crippen LogP contribution in [0.1, 0.15) is 23.6 Å². The van der Waals surface area contributed by atoms with Crippen molar-refractivity contribution >= 4 is 17.5 Å². The standard InChI is InChI=1S/C19H23ClN2O2/c1-22(18(11-12-23)16-5-3-2-4-6-16)14-19(24)21-13-15-7-9-17(20)10-8-15/h2-10,18,23H,11-14H2,1H3,(H,21,24). The molecular weight excluding hydrogens is 324 g/mol. The van der Waals surface area contributed by atoms with Gasteiger partial charge in [0.2, 0.25) is 5.91 Å². The zero-order chi connectivity index (χ0) is 17.4. The number of hydrogen-bond acceptors (Lipinski definition) is 3. The lowest BCUT2D eigenvalue weighted by molar-refractivity contribution is -0.122. The molecule has 4 nitrogen and oxygen atoms in total. The number of carbonyl (C=O) groups excluding carboxylic acids is 1. The molecule has 0 aliphatic carbocycles. The van der Waals surface area contributed by atoms with Gasteiger partial charge in [-0.05, 0) is 36.7 Å². The molecule has 0 spiro atoms. The zero-order valence-electron chi connectivity index (χ0n) is 13.8. The smallest absolute Gasteiger partial charge is 0.234 e. The van der Waals surface area contributed by atoms with Crippen LogP contribution in [0.15, 0.2) is 54.6 Å². The highest BCUT2D eigenvalue weighted by Gasteiger charge is 2.18. The van der Waals surface area contributed by atoms with E-state index in [1.165, 1.54) is 0 Å². The van der Waals surface area contributed by atoms with E-state index in [2.05, 4.69) is 5.32 Å². The summed E-state index contributed by atoms with van der Waals surface area (Å²) in [6, 6.07) is 17.3. The first-order valence-corrected chi connectivity index (χ1v) is 8.35. The minimum Gasteiger partial charge on any atom is -0.396 e. The Hall–Kier alpha value is -1.88. The van der Waals surface area contributed by atoms with Crippen LogP contribution in [0.5, 0.6) is 0 Å². The molecule has 128 valence electrons. The van der Waals surface area contributed by atoms with Crippen molar-refractivity contribution in [1.82, 2.24) is 10.2 Å². The minimum absolute atomic E-state index is 0.0116. The number of hydrogen-bond donors (Lipinski definition) is 2. The Kier molecular flexibility index (Phi) is 7.25. The molecule has 1 amide bonds. The first-order chi connectivity index (χ1) is 11.6. The van der Waals surface area contributed by atoms with Crippen LogP contribution in [-0.2, 0) is 11.3 Å². The molecule has 2 aromatic carbocycles. The average Bonchev–Trinajstić information content (AvgIpc) is 2.60. The molecule has 0 aliphatic heterocycles. The molecule has 0 fully saturated rings. The zero-order valence-corrected chi connectivity index (χ0v) is 14.5. The van der Waals surface area contributed by atoms with Crippen molar-refractivity contribution in [2.45, 2.75) is 19.0 Å². The summed E-state index contributed by atoms with van der Waals surface area (Å²) in [5.41, 5.74) is 2.10.